The summed E-state index contributed by atoms with van der Waals surface area (Å²) >= 11 is 0. The van der Waals surface area contributed by atoms with Crippen molar-refractivity contribution in [1.29, 1.82) is 0 Å². The molecule has 5 nitrogen and oxygen atoms in total. The lowest BCUT2D eigenvalue weighted by Gasteiger charge is -2.23. The van der Waals surface area contributed by atoms with E-state index in [0.29, 0.717) is 13.0 Å². The number of likely N-dealkylation sites (tertiary alicyclic amines) is 1. The minimum atomic E-state index is -0.561. The lowest BCUT2D eigenvalue weighted by atomic mass is 10.1. The van der Waals surface area contributed by atoms with Crippen LogP contribution >= 0.6 is 0 Å². The maximum atomic E-state index is 11.9. The second kappa shape index (κ2) is 5.82. The summed E-state index contributed by atoms with van der Waals surface area (Å²) in [6.07, 6.45) is 1.91. The van der Waals surface area contributed by atoms with E-state index in [-0.39, 0.29) is 23.8 Å². The third-order valence-corrected chi connectivity index (χ3v) is 3.10. The fourth-order valence-electron chi connectivity index (χ4n) is 1.63. The topological polar surface area (TPSA) is 49.9 Å². The van der Waals surface area contributed by atoms with Crippen molar-refractivity contribution in [3.63, 3.8) is 0 Å². The van der Waals surface area contributed by atoms with Crippen LogP contribution in [0.5, 0.6) is 0 Å². The molecule has 0 bridgehead atoms. The van der Waals surface area contributed by atoms with Crippen LogP contribution in [-0.4, -0.2) is 48.5 Å². The molecule has 2 atom stereocenters. The first-order valence-corrected chi connectivity index (χ1v) is 5.88. The Labute approximate surface area is 108 Å². The molecule has 18 heavy (non-hydrogen) atoms. The van der Waals surface area contributed by atoms with E-state index in [4.69, 9.17) is 4.74 Å². The normalized spacial score (nSPS) is 21.0. The molecule has 1 fully saturated rings. The first-order chi connectivity index (χ1) is 8.38. The van der Waals surface area contributed by atoms with Gasteiger partial charge in [-0.25, -0.2) is 4.79 Å². The Hall–Kier alpha value is -1.62. The standard InChI is InChI=1S/C13H20N2O3/c1-6-11-7-8-15(12(11)16)9(2)13(17)18-10(3)14(4)5/h6,10-11H,1-2,7-8H2,3-5H3. The second-order valence-electron chi connectivity index (χ2n) is 4.54. The molecule has 0 radical (unpaired) electrons. The molecule has 0 aliphatic carbocycles. The molecule has 5 heteroatoms. The molecule has 0 spiro atoms. The molecule has 100 valence electrons. The van der Waals surface area contributed by atoms with E-state index < -0.39 is 5.97 Å². The first-order valence-electron chi connectivity index (χ1n) is 5.88. The number of nitrogens with zero attached hydrogens (tertiary/aromatic N) is 2. The molecule has 1 rings (SSSR count). The van der Waals surface area contributed by atoms with Crippen molar-refractivity contribution < 1.29 is 14.3 Å². The Bertz CT molecular complexity index is 376. The van der Waals surface area contributed by atoms with Crippen LogP contribution in [0, 0.1) is 5.92 Å². The van der Waals surface area contributed by atoms with E-state index in [9.17, 15) is 9.59 Å². The Balaban J connectivity index is 2.63. The van der Waals surface area contributed by atoms with Gasteiger partial charge in [0.2, 0.25) is 5.91 Å². The van der Waals surface area contributed by atoms with Crippen molar-refractivity contribution in [2.45, 2.75) is 19.6 Å². The number of amides is 1. The van der Waals surface area contributed by atoms with Crippen LogP contribution in [0.1, 0.15) is 13.3 Å². The highest BCUT2D eigenvalue weighted by Gasteiger charge is 2.34. The molecule has 1 aliphatic rings. The highest BCUT2D eigenvalue weighted by Crippen LogP contribution is 2.22. The summed E-state index contributed by atoms with van der Waals surface area (Å²) in [5.41, 5.74) is 0.0954. The molecule has 1 saturated heterocycles. The third-order valence-electron chi connectivity index (χ3n) is 3.10. The van der Waals surface area contributed by atoms with Crippen molar-refractivity contribution in [1.82, 2.24) is 9.80 Å². The number of esters is 1. The highest BCUT2D eigenvalue weighted by molar-refractivity contribution is 5.95. The average molecular weight is 252 g/mol. The van der Waals surface area contributed by atoms with Crippen LogP contribution in [0.25, 0.3) is 0 Å². The van der Waals surface area contributed by atoms with Gasteiger partial charge in [0.15, 0.2) is 6.23 Å². The quantitative estimate of drug-likeness (QED) is 0.317. The predicted octanol–water partition coefficient (Wildman–Crippen LogP) is 0.985. The van der Waals surface area contributed by atoms with Gasteiger partial charge >= 0.3 is 5.97 Å². The van der Waals surface area contributed by atoms with Crippen LogP contribution < -0.4 is 0 Å². The van der Waals surface area contributed by atoms with Gasteiger partial charge < -0.3 is 9.64 Å². The molecule has 0 saturated carbocycles. The molecule has 1 amide bonds. The predicted molar refractivity (Wildman–Crippen MR) is 68.4 cm³/mol. The molecule has 2 unspecified atom stereocenters. The van der Waals surface area contributed by atoms with Crippen molar-refractivity contribution in [2.75, 3.05) is 20.6 Å². The van der Waals surface area contributed by atoms with Crippen LogP contribution in [0.4, 0.5) is 0 Å². The third kappa shape index (κ3) is 2.98. The summed E-state index contributed by atoms with van der Waals surface area (Å²) in [5.74, 6) is -0.917. The van der Waals surface area contributed by atoms with Gasteiger partial charge in [-0.05, 0) is 27.4 Å². The summed E-state index contributed by atoms with van der Waals surface area (Å²) in [5, 5.41) is 0. The minimum absolute atomic E-state index is 0.0954. The van der Waals surface area contributed by atoms with Crippen LogP contribution in [-0.2, 0) is 14.3 Å². The number of rotatable bonds is 5. The zero-order valence-corrected chi connectivity index (χ0v) is 11.2. The fourth-order valence-corrected chi connectivity index (χ4v) is 1.63. The van der Waals surface area contributed by atoms with E-state index in [0.717, 1.165) is 0 Å². The van der Waals surface area contributed by atoms with Crippen LogP contribution in [0.15, 0.2) is 24.9 Å². The van der Waals surface area contributed by atoms with E-state index in [1.165, 1.54) is 4.90 Å². The molecule has 0 aromatic carbocycles. The van der Waals surface area contributed by atoms with Crippen molar-refractivity contribution in [2.24, 2.45) is 5.92 Å². The van der Waals surface area contributed by atoms with E-state index in [1.807, 2.05) is 0 Å². The molecule has 0 aromatic rings. The Morgan fingerprint density at radius 1 is 1.61 bits per heavy atom. The average Bonchev–Trinajstić information content (AvgIpc) is 2.69. The van der Waals surface area contributed by atoms with Crippen molar-refractivity contribution >= 4 is 11.9 Å². The van der Waals surface area contributed by atoms with Crippen LogP contribution in [0.3, 0.4) is 0 Å². The van der Waals surface area contributed by atoms with E-state index in [1.54, 1.807) is 32.0 Å². The van der Waals surface area contributed by atoms with Crippen molar-refractivity contribution in [3.8, 4) is 0 Å². The molecular formula is C13H20N2O3. The van der Waals surface area contributed by atoms with Crippen molar-refractivity contribution in [3.05, 3.63) is 24.9 Å². The van der Waals surface area contributed by atoms with Gasteiger partial charge in [0, 0.05) is 6.54 Å². The number of ether oxygens (including phenoxy) is 1. The summed E-state index contributed by atoms with van der Waals surface area (Å²) in [6.45, 7) is 9.49. The number of carbonyl (C=O) groups is 2. The summed E-state index contributed by atoms with van der Waals surface area (Å²) in [4.78, 5) is 26.8. The Kier molecular flexibility index (Phi) is 4.67. The molecule has 0 aromatic heterocycles. The van der Waals surface area contributed by atoms with E-state index in [2.05, 4.69) is 13.2 Å². The Morgan fingerprint density at radius 3 is 2.67 bits per heavy atom. The number of hydrogen-bond donors (Lipinski definition) is 0. The smallest absolute Gasteiger partial charge is 0.355 e. The summed E-state index contributed by atoms with van der Waals surface area (Å²) in [7, 11) is 3.60. The number of carbonyl (C=O) groups excluding carboxylic acids is 2. The zero-order valence-electron chi connectivity index (χ0n) is 11.2. The minimum Gasteiger partial charge on any atom is -0.442 e. The molecule has 1 heterocycles. The van der Waals surface area contributed by atoms with Gasteiger partial charge in [-0.15, -0.1) is 6.58 Å². The van der Waals surface area contributed by atoms with Gasteiger partial charge in [-0.3, -0.25) is 9.69 Å². The van der Waals surface area contributed by atoms with Gasteiger partial charge in [-0.2, -0.15) is 0 Å². The molecule has 1 aliphatic heterocycles. The lowest BCUT2D eigenvalue weighted by Crippen LogP contribution is -2.35. The SMILES string of the molecule is C=CC1CCN(C(=C)C(=O)OC(C)N(C)C)C1=O. The maximum Gasteiger partial charge on any atom is 0.355 e. The monoisotopic (exact) mass is 252 g/mol. The highest BCUT2D eigenvalue weighted by atomic mass is 16.6. The Morgan fingerprint density at radius 2 is 2.22 bits per heavy atom. The molecule has 0 N–H and O–H groups in total. The zero-order chi connectivity index (χ0) is 13.9. The fraction of sp³-hybridized carbons (Fsp3) is 0.538. The van der Waals surface area contributed by atoms with Gasteiger partial charge in [0.05, 0.1) is 5.92 Å². The second-order valence-corrected chi connectivity index (χ2v) is 4.54. The van der Waals surface area contributed by atoms with Crippen LogP contribution in [0.2, 0.25) is 0 Å². The van der Waals surface area contributed by atoms with Gasteiger partial charge in [-0.1, -0.05) is 12.7 Å². The summed E-state index contributed by atoms with van der Waals surface area (Å²) < 4.78 is 5.17. The maximum absolute atomic E-state index is 11.9. The largest absolute Gasteiger partial charge is 0.442 e. The van der Waals surface area contributed by atoms with E-state index >= 15 is 0 Å². The van der Waals surface area contributed by atoms with Gasteiger partial charge in [0.25, 0.3) is 0 Å². The molecular weight excluding hydrogens is 232 g/mol. The lowest BCUT2D eigenvalue weighted by molar-refractivity contribution is -0.153. The first kappa shape index (κ1) is 14.4. The van der Waals surface area contributed by atoms with Gasteiger partial charge in [0.1, 0.15) is 5.70 Å². The summed E-state index contributed by atoms with van der Waals surface area (Å²) in [6, 6.07) is 0. The number of hydrogen-bond acceptors (Lipinski definition) is 4.